The van der Waals surface area contributed by atoms with Crippen LogP contribution >= 0.6 is 46.4 Å². The standard InChI is InChI=1S/C3H2Cl4FO.Na/c4-1-2(5,6)3(7,8)9;/h1H2;/q-1;+1. The first kappa shape index (κ1) is 14.6. The van der Waals surface area contributed by atoms with E-state index in [0.29, 0.717) is 0 Å². The molecule has 0 amide bonds. The van der Waals surface area contributed by atoms with E-state index in [1.165, 1.54) is 0 Å². The van der Waals surface area contributed by atoms with Crippen LogP contribution in [0.25, 0.3) is 0 Å². The van der Waals surface area contributed by atoms with E-state index in [1.54, 1.807) is 0 Å². The fraction of sp³-hybridized carbons (Fsp3) is 1.00. The van der Waals surface area contributed by atoms with Crippen molar-refractivity contribution in [3.63, 3.8) is 0 Å². The van der Waals surface area contributed by atoms with Crippen LogP contribution in [0.5, 0.6) is 0 Å². The van der Waals surface area contributed by atoms with Gasteiger partial charge in [0.1, 0.15) is 0 Å². The molecule has 7 heteroatoms. The van der Waals surface area contributed by atoms with Gasteiger partial charge in [-0.1, -0.05) is 34.8 Å². The van der Waals surface area contributed by atoms with E-state index in [-0.39, 0.29) is 29.6 Å². The summed E-state index contributed by atoms with van der Waals surface area (Å²) in [5.74, 6) is -0.556. The van der Waals surface area contributed by atoms with Crippen LogP contribution in [0.4, 0.5) is 4.39 Å². The SMILES string of the molecule is [Na+].[O-]C(F)(Cl)C(Cl)(Cl)CCl. The van der Waals surface area contributed by atoms with Gasteiger partial charge in [0.25, 0.3) is 0 Å². The molecule has 0 spiro atoms. The minimum atomic E-state index is -3.43. The Morgan fingerprint density at radius 2 is 1.60 bits per heavy atom. The average molecular weight is 238 g/mol. The van der Waals surface area contributed by atoms with Crippen LogP contribution in [0, 0.1) is 0 Å². The summed E-state index contributed by atoms with van der Waals surface area (Å²) in [4.78, 5) is 0. The van der Waals surface area contributed by atoms with Crippen LogP contribution < -0.4 is 34.7 Å². The molecule has 0 N–H and O–H groups in total. The zero-order valence-electron chi connectivity index (χ0n) is 5.01. The maximum Gasteiger partial charge on any atom is 1.00 e. The molecule has 0 aromatic rings. The van der Waals surface area contributed by atoms with Gasteiger partial charge in [0.05, 0.1) is 5.88 Å². The van der Waals surface area contributed by atoms with Gasteiger partial charge in [0.15, 0.2) is 9.65 Å². The zero-order valence-corrected chi connectivity index (χ0v) is 10.0. The zero-order chi connectivity index (χ0) is 7.71. The van der Waals surface area contributed by atoms with Gasteiger partial charge in [0, 0.05) is 0 Å². The fourth-order valence-electron chi connectivity index (χ4n) is 0.0778. The van der Waals surface area contributed by atoms with E-state index in [0.717, 1.165) is 0 Å². The predicted molar refractivity (Wildman–Crippen MR) is 34.8 cm³/mol. The monoisotopic (exact) mass is 236 g/mol. The summed E-state index contributed by atoms with van der Waals surface area (Å²) in [5, 5.41) is 6.67. The Morgan fingerprint density at radius 1 is 1.30 bits per heavy atom. The summed E-state index contributed by atoms with van der Waals surface area (Å²) in [7, 11) is 0. The third-order valence-corrected chi connectivity index (χ3v) is 2.54. The van der Waals surface area contributed by atoms with Crippen molar-refractivity contribution >= 4 is 46.4 Å². The summed E-state index contributed by atoms with van der Waals surface area (Å²) in [5.41, 5.74) is 0. The third kappa shape index (κ3) is 4.17. The van der Waals surface area contributed by atoms with Gasteiger partial charge < -0.3 is 5.11 Å². The summed E-state index contributed by atoms with van der Waals surface area (Å²) >= 11 is 19.6. The molecule has 0 saturated carbocycles. The first-order valence-corrected chi connectivity index (χ1v) is 3.50. The average Bonchev–Trinajstić information content (AvgIpc) is 1.64. The van der Waals surface area contributed by atoms with Crippen LogP contribution in [0.1, 0.15) is 0 Å². The largest absolute Gasteiger partial charge is 1.00 e. The van der Waals surface area contributed by atoms with Crippen molar-refractivity contribution in [2.75, 3.05) is 5.88 Å². The second-order valence-electron chi connectivity index (χ2n) is 1.35. The number of hydrogen-bond donors (Lipinski definition) is 0. The number of alkyl halides is 5. The Labute approximate surface area is 100 Å². The summed E-state index contributed by atoms with van der Waals surface area (Å²) < 4.78 is 9.76. The molecule has 1 unspecified atom stereocenters. The summed E-state index contributed by atoms with van der Waals surface area (Å²) in [6, 6.07) is 0. The van der Waals surface area contributed by atoms with E-state index >= 15 is 0 Å². The summed E-state index contributed by atoms with van der Waals surface area (Å²) in [6.45, 7) is 0. The van der Waals surface area contributed by atoms with Crippen LogP contribution in [-0.4, -0.2) is 15.5 Å². The third-order valence-electron chi connectivity index (χ3n) is 0.594. The molecule has 0 aliphatic rings. The van der Waals surface area contributed by atoms with E-state index in [9.17, 15) is 9.50 Å². The molecule has 0 aromatic carbocycles. The van der Waals surface area contributed by atoms with Crippen molar-refractivity contribution in [3.8, 4) is 0 Å². The molecular weight excluding hydrogens is 236 g/mol. The first-order valence-electron chi connectivity index (χ1n) is 1.83. The molecule has 0 fully saturated rings. The molecular formula is C3H2Cl4FNaO. The molecule has 0 rings (SSSR count). The van der Waals surface area contributed by atoms with E-state index < -0.39 is 15.5 Å². The Bertz CT molecular complexity index is 103. The number of halogens is 5. The van der Waals surface area contributed by atoms with Crippen LogP contribution in [0.2, 0.25) is 0 Å². The van der Waals surface area contributed by atoms with Gasteiger partial charge in [-0.3, -0.25) is 0 Å². The molecule has 0 heterocycles. The summed E-state index contributed by atoms with van der Waals surface area (Å²) in [6.07, 6.45) is 0. The van der Waals surface area contributed by atoms with E-state index in [1.807, 2.05) is 0 Å². The van der Waals surface area contributed by atoms with Crippen LogP contribution in [0.3, 0.4) is 0 Å². The smallest absolute Gasteiger partial charge is 0.810 e. The molecule has 0 bridgehead atoms. The van der Waals surface area contributed by atoms with Crippen LogP contribution in [0.15, 0.2) is 0 Å². The van der Waals surface area contributed by atoms with Gasteiger partial charge in [-0.15, -0.1) is 11.6 Å². The second-order valence-corrected chi connectivity index (χ2v) is 3.59. The Balaban J connectivity index is 0. The minimum Gasteiger partial charge on any atom is -0.810 e. The Morgan fingerprint density at radius 3 is 1.60 bits per heavy atom. The number of hydrogen-bond acceptors (Lipinski definition) is 1. The van der Waals surface area contributed by atoms with Crippen molar-refractivity contribution in [2.45, 2.75) is 9.65 Å². The van der Waals surface area contributed by atoms with Crippen molar-refractivity contribution in [3.05, 3.63) is 0 Å². The topological polar surface area (TPSA) is 23.1 Å². The quantitative estimate of drug-likeness (QED) is 0.429. The van der Waals surface area contributed by atoms with E-state index in [4.69, 9.17) is 34.8 Å². The normalized spacial score (nSPS) is 17.4. The molecule has 0 radical (unpaired) electrons. The predicted octanol–water partition coefficient (Wildman–Crippen LogP) is -1.37. The maximum absolute atomic E-state index is 12.0. The molecule has 0 saturated heterocycles. The van der Waals surface area contributed by atoms with Gasteiger partial charge >= 0.3 is 29.6 Å². The molecule has 1 atom stereocenters. The molecule has 10 heavy (non-hydrogen) atoms. The fourth-order valence-corrected chi connectivity index (χ4v) is 0.385. The van der Waals surface area contributed by atoms with Crippen molar-refractivity contribution in [1.29, 1.82) is 0 Å². The van der Waals surface area contributed by atoms with Gasteiger partial charge in [-0.25, -0.2) is 4.39 Å². The number of rotatable bonds is 2. The Kier molecular flexibility index (Phi) is 7.18. The molecule has 56 valence electrons. The maximum atomic E-state index is 12.0. The molecule has 0 aromatic heterocycles. The molecule has 1 nitrogen and oxygen atoms in total. The molecule has 0 aliphatic carbocycles. The first-order chi connectivity index (χ1) is 3.81. The van der Waals surface area contributed by atoms with Crippen molar-refractivity contribution < 1.29 is 39.1 Å². The second kappa shape index (κ2) is 4.93. The van der Waals surface area contributed by atoms with Gasteiger partial charge in [-0.2, -0.15) is 0 Å². The van der Waals surface area contributed by atoms with E-state index in [2.05, 4.69) is 11.6 Å². The van der Waals surface area contributed by atoms with Gasteiger partial charge in [-0.05, 0) is 0 Å². The van der Waals surface area contributed by atoms with Crippen LogP contribution in [-0.2, 0) is 0 Å². The Hall–Kier alpha value is 2.05. The van der Waals surface area contributed by atoms with Gasteiger partial charge in [0.2, 0.25) is 0 Å². The van der Waals surface area contributed by atoms with Crippen molar-refractivity contribution in [2.24, 2.45) is 0 Å². The molecule has 0 aliphatic heterocycles. The van der Waals surface area contributed by atoms with Crippen molar-refractivity contribution in [1.82, 2.24) is 0 Å². The minimum absolute atomic E-state index is 0.